The highest BCUT2D eigenvalue weighted by atomic mass is 79.9. The topological polar surface area (TPSA) is 42.2 Å². The molecule has 0 bridgehead atoms. The molecular weight excluding hydrogens is 342 g/mol. The number of nitrogens with zero attached hydrogens (tertiary/aromatic N) is 1. The molecule has 0 aromatic heterocycles. The molecule has 0 radical (unpaired) electrons. The highest BCUT2D eigenvalue weighted by Crippen LogP contribution is 2.25. The Bertz CT molecular complexity index is 640. The number of hydrogen-bond donors (Lipinski definition) is 0. The summed E-state index contributed by atoms with van der Waals surface area (Å²) in [6.07, 6.45) is 0. The van der Waals surface area contributed by atoms with Crippen molar-refractivity contribution in [3.63, 3.8) is 0 Å². The molecule has 0 atom stereocenters. The third-order valence-electron chi connectivity index (χ3n) is 2.47. The second-order valence-electron chi connectivity index (χ2n) is 3.91. The van der Waals surface area contributed by atoms with Gasteiger partial charge in [-0.15, -0.1) is 0 Å². The molecule has 2 aromatic rings. The molecular formula is C15H11BrClNO2. The van der Waals surface area contributed by atoms with Gasteiger partial charge in [0.05, 0.1) is 16.7 Å². The number of ether oxygens (including phenoxy) is 2. The smallest absolute Gasteiger partial charge is 0.138 e. The van der Waals surface area contributed by atoms with E-state index in [-0.39, 0.29) is 0 Å². The van der Waals surface area contributed by atoms with Gasteiger partial charge in [0, 0.05) is 4.47 Å². The van der Waals surface area contributed by atoms with Gasteiger partial charge >= 0.3 is 0 Å². The van der Waals surface area contributed by atoms with E-state index in [1.165, 1.54) is 0 Å². The minimum Gasteiger partial charge on any atom is -0.490 e. The molecule has 3 nitrogen and oxygen atoms in total. The first-order valence-electron chi connectivity index (χ1n) is 5.90. The number of nitriles is 1. The molecule has 0 N–H and O–H groups in total. The van der Waals surface area contributed by atoms with Crippen LogP contribution in [0.15, 0.2) is 46.9 Å². The molecule has 0 amide bonds. The van der Waals surface area contributed by atoms with Crippen molar-refractivity contribution in [2.45, 2.75) is 0 Å². The standard InChI is InChI=1S/C15H11BrClNO2/c16-12-2-1-3-13(9-12)19-6-7-20-15-5-4-11(10-18)8-14(15)17/h1-5,8-9H,6-7H2. The van der Waals surface area contributed by atoms with Crippen LogP contribution >= 0.6 is 27.5 Å². The molecule has 0 aliphatic heterocycles. The van der Waals surface area contributed by atoms with E-state index in [1.54, 1.807) is 18.2 Å². The van der Waals surface area contributed by atoms with Crippen LogP contribution in [0.3, 0.4) is 0 Å². The summed E-state index contributed by atoms with van der Waals surface area (Å²) in [6.45, 7) is 0.783. The van der Waals surface area contributed by atoms with E-state index in [4.69, 9.17) is 26.3 Å². The largest absolute Gasteiger partial charge is 0.490 e. The van der Waals surface area contributed by atoms with Gasteiger partial charge in [-0.25, -0.2) is 0 Å². The van der Waals surface area contributed by atoms with Gasteiger partial charge in [0.15, 0.2) is 0 Å². The molecule has 102 valence electrons. The molecule has 0 spiro atoms. The lowest BCUT2D eigenvalue weighted by atomic mass is 10.2. The van der Waals surface area contributed by atoms with Crippen LogP contribution in [0.5, 0.6) is 11.5 Å². The third kappa shape index (κ3) is 4.16. The summed E-state index contributed by atoms with van der Waals surface area (Å²) >= 11 is 9.38. The van der Waals surface area contributed by atoms with Crippen molar-refractivity contribution < 1.29 is 9.47 Å². The van der Waals surface area contributed by atoms with Gasteiger partial charge in [0.2, 0.25) is 0 Å². The van der Waals surface area contributed by atoms with Gasteiger partial charge in [-0.3, -0.25) is 0 Å². The highest BCUT2D eigenvalue weighted by molar-refractivity contribution is 9.10. The summed E-state index contributed by atoms with van der Waals surface area (Å²) in [4.78, 5) is 0. The van der Waals surface area contributed by atoms with Gasteiger partial charge in [-0.1, -0.05) is 33.6 Å². The number of halogens is 2. The van der Waals surface area contributed by atoms with Gasteiger partial charge in [0.1, 0.15) is 24.7 Å². The van der Waals surface area contributed by atoms with E-state index in [0.29, 0.717) is 29.5 Å². The van der Waals surface area contributed by atoms with E-state index < -0.39 is 0 Å². The van der Waals surface area contributed by atoms with Gasteiger partial charge in [-0.2, -0.15) is 5.26 Å². The zero-order valence-corrected chi connectivity index (χ0v) is 12.8. The second-order valence-corrected chi connectivity index (χ2v) is 5.23. The number of rotatable bonds is 5. The number of benzene rings is 2. The van der Waals surface area contributed by atoms with Crippen LogP contribution < -0.4 is 9.47 Å². The molecule has 0 heterocycles. The van der Waals surface area contributed by atoms with Crippen molar-refractivity contribution in [1.82, 2.24) is 0 Å². The van der Waals surface area contributed by atoms with E-state index in [9.17, 15) is 0 Å². The maximum absolute atomic E-state index is 8.74. The van der Waals surface area contributed by atoms with Crippen LogP contribution in [0, 0.1) is 11.3 Å². The van der Waals surface area contributed by atoms with Crippen LogP contribution in [-0.2, 0) is 0 Å². The first-order chi connectivity index (χ1) is 9.69. The van der Waals surface area contributed by atoms with Crippen molar-refractivity contribution in [3.8, 4) is 17.6 Å². The summed E-state index contributed by atoms with van der Waals surface area (Å²) in [5, 5.41) is 9.16. The second kappa shape index (κ2) is 7.18. The Balaban J connectivity index is 1.83. The van der Waals surface area contributed by atoms with E-state index >= 15 is 0 Å². The maximum Gasteiger partial charge on any atom is 0.138 e. The quantitative estimate of drug-likeness (QED) is 0.747. The van der Waals surface area contributed by atoms with E-state index in [2.05, 4.69) is 15.9 Å². The minimum atomic E-state index is 0.373. The fraction of sp³-hybridized carbons (Fsp3) is 0.133. The monoisotopic (exact) mass is 351 g/mol. The van der Waals surface area contributed by atoms with Gasteiger partial charge in [-0.05, 0) is 36.4 Å². The average molecular weight is 353 g/mol. The Kier molecular flexibility index (Phi) is 5.28. The van der Waals surface area contributed by atoms with Crippen LogP contribution in [0.25, 0.3) is 0 Å². The third-order valence-corrected chi connectivity index (χ3v) is 3.26. The molecule has 0 aliphatic carbocycles. The van der Waals surface area contributed by atoms with Gasteiger partial charge in [0.25, 0.3) is 0 Å². The molecule has 0 aliphatic rings. The molecule has 20 heavy (non-hydrogen) atoms. The number of hydrogen-bond acceptors (Lipinski definition) is 3. The molecule has 2 rings (SSSR count). The Morgan fingerprint density at radius 1 is 1.10 bits per heavy atom. The molecule has 0 fully saturated rings. The van der Waals surface area contributed by atoms with Gasteiger partial charge < -0.3 is 9.47 Å². The van der Waals surface area contributed by atoms with Crippen LogP contribution in [0.4, 0.5) is 0 Å². The lowest BCUT2D eigenvalue weighted by Crippen LogP contribution is -2.09. The van der Waals surface area contributed by atoms with Crippen molar-refractivity contribution in [1.29, 1.82) is 5.26 Å². The predicted molar refractivity (Wildman–Crippen MR) is 81.3 cm³/mol. The van der Waals surface area contributed by atoms with Crippen LogP contribution in [0.2, 0.25) is 5.02 Å². The molecule has 2 aromatic carbocycles. The van der Waals surface area contributed by atoms with Crippen molar-refractivity contribution in [2.24, 2.45) is 0 Å². The summed E-state index contributed by atoms with van der Waals surface area (Å²) in [5.41, 5.74) is 0.507. The molecule has 0 saturated carbocycles. The van der Waals surface area contributed by atoms with Crippen molar-refractivity contribution >= 4 is 27.5 Å². The first kappa shape index (κ1) is 14.7. The van der Waals surface area contributed by atoms with E-state index in [0.717, 1.165) is 10.2 Å². The van der Waals surface area contributed by atoms with Crippen molar-refractivity contribution in [3.05, 3.63) is 57.5 Å². The zero-order chi connectivity index (χ0) is 14.4. The first-order valence-corrected chi connectivity index (χ1v) is 7.07. The Labute approximate surface area is 130 Å². The lowest BCUT2D eigenvalue weighted by Gasteiger charge is -2.09. The zero-order valence-electron chi connectivity index (χ0n) is 10.5. The summed E-state index contributed by atoms with van der Waals surface area (Å²) in [7, 11) is 0. The Hall–Kier alpha value is -1.70. The van der Waals surface area contributed by atoms with Crippen molar-refractivity contribution in [2.75, 3.05) is 13.2 Å². The molecule has 0 saturated heterocycles. The normalized spacial score (nSPS) is 9.85. The fourth-order valence-electron chi connectivity index (χ4n) is 1.56. The fourth-order valence-corrected chi connectivity index (χ4v) is 2.17. The van der Waals surface area contributed by atoms with Crippen LogP contribution in [-0.4, -0.2) is 13.2 Å². The summed E-state index contributed by atoms with van der Waals surface area (Å²) in [6, 6.07) is 14.5. The Morgan fingerprint density at radius 2 is 1.90 bits per heavy atom. The lowest BCUT2D eigenvalue weighted by molar-refractivity contribution is 0.217. The predicted octanol–water partition coefficient (Wildman–Crippen LogP) is 4.43. The summed E-state index contributed by atoms with van der Waals surface area (Å²) in [5.74, 6) is 1.32. The summed E-state index contributed by atoms with van der Waals surface area (Å²) < 4.78 is 12.0. The molecule has 5 heteroatoms. The molecule has 0 unspecified atom stereocenters. The SMILES string of the molecule is N#Cc1ccc(OCCOc2cccc(Br)c2)c(Cl)c1. The van der Waals surface area contributed by atoms with Crippen LogP contribution in [0.1, 0.15) is 5.56 Å². The average Bonchev–Trinajstić information content (AvgIpc) is 2.45. The Morgan fingerprint density at radius 3 is 2.60 bits per heavy atom. The maximum atomic E-state index is 8.74. The minimum absolute atomic E-state index is 0.373. The van der Waals surface area contributed by atoms with E-state index in [1.807, 2.05) is 30.3 Å². The highest BCUT2D eigenvalue weighted by Gasteiger charge is 2.03.